The van der Waals surface area contributed by atoms with Crippen molar-refractivity contribution in [2.75, 3.05) is 0 Å². The number of alkyl halides is 3. The van der Waals surface area contributed by atoms with E-state index < -0.39 is 11.7 Å². The van der Waals surface area contributed by atoms with Crippen molar-refractivity contribution >= 4 is 38.9 Å². The summed E-state index contributed by atoms with van der Waals surface area (Å²) < 4.78 is 38.9. The van der Waals surface area contributed by atoms with Crippen LogP contribution >= 0.6 is 38.9 Å². The minimum absolute atomic E-state index is 0.0231. The Labute approximate surface area is 112 Å². The summed E-state index contributed by atoms with van der Waals surface area (Å²) in [5, 5.41) is 7.25. The first-order chi connectivity index (χ1) is 7.88. The molecule has 0 saturated heterocycles. The summed E-state index contributed by atoms with van der Waals surface area (Å²) in [7, 11) is 0. The molecule has 0 amide bonds. The van der Waals surface area contributed by atoms with Crippen LogP contribution < -0.4 is 0 Å². The second kappa shape index (κ2) is 4.55. The van der Waals surface area contributed by atoms with Crippen LogP contribution in [0.5, 0.6) is 0 Å². The third-order valence-corrected chi connectivity index (χ3v) is 3.46. The summed E-state index contributed by atoms with van der Waals surface area (Å²) in [6.07, 6.45) is -4.45. The van der Waals surface area contributed by atoms with Crippen LogP contribution in [-0.4, -0.2) is 10.2 Å². The molecule has 0 atom stereocenters. The van der Waals surface area contributed by atoms with Crippen molar-refractivity contribution in [3.63, 3.8) is 0 Å². The van der Waals surface area contributed by atoms with Gasteiger partial charge in [-0.1, -0.05) is 33.3 Å². The minimum Gasteiger partial charge on any atom is -0.166 e. The van der Waals surface area contributed by atoms with Gasteiger partial charge in [0.25, 0.3) is 0 Å². The molecule has 2 nitrogen and oxygen atoms in total. The van der Waals surface area contributed by atoms with Crippen LogP contribution in [0.4, 0.5) is 13.2 Å². The van der Waals surface area contributed by atoms with Crippen molar-refractivity contribution in [2.45, 2.75) is 6.18 Å². The molecule has 0 saturated carbocycles. The minimum atomic E-state index is -4.45. The molecule has 0 fully saturated rings. The number of aromatic nitrogens is 2. The molecule has 1 aromatic heterocycles. The smallest absolute Gasteiger partial charge is 0.166 e. The van der Waals surface area contributed by atoms with Crippen LogP contribution in [0.3, 0.4) is 0 Å². The first kappa shape index (κ1) is 12.8. The fraction of sp³-hybridized carbons (Fsp3) is 0.111. The Morgan fingerprint density at radius 3 is 2.47 bits per heavy atom. The van der Waals surface area contributed by atoms with Gasteiger partial charge in [0, 0.05) is 10.0 Å². The van der Waals surface area contributed by atoms with Gasteiger partial charge in [0.05, 0.1) is 5.56 Å². The second-order valence-electron chi connectivity index (χ2n) is 3.05. The predicted molar refractivity (Wildman–Crippen MR) is 63.1 cm³/mol. The standard InChI is InChI=1S/C9H3BrClF3N2S/c10-4-1-2-5(6(3-4)9(12,13)14)7-15-16-8(11)17-7/h1-3H. The fourth-order valence-electron chi connectivity index (χ4n) is 1.25. The normalized spacial score (nSPS) is 11.8. The zero-order valence-corrected chi connectivity index (χ0v) is 11.1. The van der Waals surface area contributed by atoms with E-state index in [1.165, 1.54) is 12.1 Å². The lowest BCUT2D eigenvalue weighted by Gasteiger charge is -2.11. The molecule has 2 rings (SSSR count). The van der Waals surface area contributed by atoms with Gasteiger partial charge in [0.1, 0.15) is 5.01 Å². The molecule has 0 spiro atoms. The SMILES string of the molecule is FC(F)(F)c1cc(Br)ccc1-c1nnc(Cl)s1. The maximum Gasteiger partial charge on any atom is 0.417 e. The van der Waals surface area contributed by atoms with Crippen LogP contribution in [-0.2, 0) is 6.18 Å². The van der Waals surface area contributed by atoms with Gasteiger partial charge in [-0.05, 0) is 23.7 Å². The average molecular weight is 344 g/mol. The van der Waals surface area contributed by atoms with Crippen LogP contribution in [0.25, 0.3) is 10.6 Å². The van der Waals surface area contributed by atoms with Crippen LogP contribution in [0.2, 0.25) is 4.47 Å². The second-order valence-corrected chi connectivity index (χ2v) is 5.52. The van der Waals surface area contributed by atoms with Gasteiger partial charge in [-0.3, -0.25) is 0 Å². The van der Waals surface area contributed by atoms with Gasteiger partial charge >= 0.3 is 6.18 Å². The zero-order valence-electron chi connectivity index (χ0n) is 7.92. The third-order valence-electron chi connectivity index (χ3n) is 1.92. The topological polar surface area (TPSA) is 25.8 Å². The molecule has 8 heteroatoms. The molecular formula is C9H3BrClF3N2S. The van der Waals surface area contributed by atoms with E-state index in [0.717, 1.165) is 17.4 Å². The molecule has 17 heavy (non-hydrogen) atoms. The molecule has 0 N–H and O–H groups in total. The molecular weight excluding hydrogens is 341 g/mol. The monoisotopic (exact) mass is 342 g/mol. The Balaban J connectivity index is 2.61. The summed E-state index contributed by atoms with van der Waals surface area (Å²) in [6.45, 7) is 0. The molecule has 2 aromatic rings. The maximum absolute atomic E-state index is 12.8. The van der Waals surface area contributed by atoms with Gasteiger partial charge in [-0.25, -0.2) is 0 Å². The quantitative estimate of drug-likeness (QED) is 0.754. The molecule has 90 valence electrons. The summed E-state index contributed by atoms with van der Waals surface area (Å²) in [6, 6.07) is 3.86. The summed E-state index contributed by atoms with van der Waals surface area (Å²) in [5.74, 6) is 0. The van der Waals surface area contributed by atoms with Crippen molar-refractivity contribution in [1.82, 2.24) is 10.2 Å². The highest BCUT2D eigenvalue weighted by atomic mass is 79.9. The third kappa shape index (κ3) is 2.78. The van der Waals surface area contributed by atoms with Gasteiger partial charge in [0.2, 0.25) is 4.47 Å². The van der Waals surface area contributed by atoms with E-state index in [9.17, 15) is 13.2 Å². The molecule has 0 radical (unpaired) electrons. The maximum atomic E-state index is 12.8. The van der Waals surface area contributed by atoms with E-state index in [4.69, 9.17) is 11.6 Å². The first-order valence-corrected chi connectivity index (χ1v) is 6.23. The van der Waals surface area contributed by atoms with E-state index >= 15 is 0 Å². The first-order valence-electron chi connectivity index (χ1n) is 4.24. The Morgan fingerprint density at radius 2 is 1.94 bits per heavy atom. The molecule has 0 bridgehead atoms. The molecule has 0 aliphatic rings. The molecule has 1 aromatic carbocycles. The van der Waals surface area contributed by atoms with Crippen LogP contribution in [0, 0.1) is 0 Å². The molecule has 0 aliphatic carbocycles. The highest BCUT2D eigenvalue weighted by molar-refractivity contribution is 9.10. The van der Waals surface area contributed by atoms with E-state index in [1.807, 2.05) is 0 Å². The van der Waals surface area contributed by atoms with E-state index in [1.54, 1.807) is 0 Å². The molecule has 1 heterocycles. The van der Waals surface area contributed by atoms with Gasteiger partial charge < -0.3 is 0 Å². The number of nitrogens with zero attached hydrogens (tertiary/aromatic N) is 2. The van der Waals surface area contributed by atoms with Gasteiger partial charge in [0.15, 0.2) is 0 Å². The summed E-state index contributed by atoms with van der Waals surface area (Å²) in [5.41, 5.74) is -0.787. The van der Waals surface area contributed by atoms with Crippen molar-refractivity contribution < 1.29 is 13.2 Å². The number of benzene rings is 1. The number of hydrogen-bond donors (Lipinski definition) is 0. The van der Waals surface area contributed by atoms with Gasteiger partial charge in [-0.15, -0.1) is 10.2 Å². The van der Waals surface area contributed by atoms with Gasteiger partial charge in [-0.2, -0.15) is 13.2 Å². The lowest BCUT2D eigenvalue weighted by Crippen LogP contribution is -2.07. The summed E-state index contributed by atoms with van der Waals surface area (Å²) in [4.78, 5) is 0. The summed E-state index contributed by atoms with van der Waals surface area (Å²) >= 11 is 9.48. The van der Waals surface area contributed by atoms with E-state index in [2.05, 4.69) is 26.1 Å². The number of rotatable bonds is 1. The van der Waals surface area contributed by atoms with Crippen molar-refractivity contribution in [3.05, 3.63) is 32.7 Å². The van der Waals surface area contributed by atoms with E-state index in [0.29, 0.717) is 4.47 Å². The Morgan fingerprint density at radius 1 is 1.24 bits per heavy atom. The van der Waals surface area contributed by atoms with Crippen molar-refractivity contribution in [3.8, 4) is 10.6 Å². The van der Waals surface area contributed by atoms with E-state index in [-0.39, 0.29) is 15.0 Å². The van der Waals surface area contributed by atoms with Crippen molar-refractivity contribution in [1.29, 1.82) is 0 Å². The fourth-order valence-corrected chi connectivity index (χ4v) is 2.48. The zero-order chi connectivity index (χ0) is 12.6. The number of halogens is 5. The largest absolute Gasteiger partial charge is 0.417 e. The highest BCUT2D eigenvalue weighted by Crippen LogP contribution is 2.39. The Hall–Kier alpha value is -0.660. The Kier molecular flexibility index (Phi) is 3.42. The number of hydrogen-bond acceptors (Lipinski definition) is 3. The lowest BCUT2D eigenvalue weighted by molar-refractivity contribution is -0.137. The highest BCUT2D eigenvalue weighted by Gasteiger charge is 2.34. The molecule has 0 unspecified atom stereocenters. The molecule has 0 aliphatic heterocycles. The lowest BCUT2D eigenvalue weighted by atomic mass is 10.1. The van der Waals surface area contributed by atoms with Crippen LogP contribution in [0.1, 0.15) is 5.56 Å². The van der Waals surface area contributed by atoms with Crippen LogP contribution in [0.15, 0.2) is 22.7 Å². The Bertz CT molecular complexity index is 555. The predicted octanol–water partition coefficient (Wildman–Crippen LogP) is 4.64. The average Bonchev–Trinajstić information content (AvgIpc) is 2.63. The van der Waals surface area contributed by atoms with Crippen molar-refractivity contribution in [2.24, 2.45) is 0 Å².